The Kier molecular flexibility index (Phi) is 2.81. The number of aromatic nitrogens is 1. The van der Waals surface area contributed by atoms with Crippen molar-refractivity contribution in [2.24, 2.45) is 0 Å². The van der Waals surface area contributed by atoms with E-state index in [2.05, 4.69) is 55.8 Å². The Balaban J connectivity index is 2.62. The number of rotatable bonds is 3. The zero-order valence-electron chi connectivity index (χ0n) is 9.83. The SMILES string of the molecule is CCCc1cn(C(C)C)c2ccccc12. The fourth-order valence-corrected chi connectivity index (χ4v) is 2.17. The molecule has 0 radical (unpaired) electrons. The minimum absolute atomic E-state index is 0.542. The van der Waals surface area contributed by atoms with Gasteiger partial charge in [0.15, 0.2) is 0 Å². The van der Waals surface area contributed by atoms with Crippen LogP contribution in [0.4, 0.5) is 0 Å². The van der Waals surface area contributed by atoms with Crippen molar-refractivity contribution >= 4 is 10.9 Å². The van der Waals surface area contributed by atoms with Crippen LogP contribution in [0.3, 0.4) is 0 Å². The average Bonchev–Trinajstić information content (AvgIpc) is 2.59. The molecule has 0 amide bonds. The third kappa shape index (κ3) is 1.79. The molecule has 0 fully saturated rings. The molecule has 2 aromatic rings. The average molecular weight is 201 g/mol. The van der Waals surface area contributed by atoms with Crippen molar-refractivity contribution in [2.45, 2.75) is 39.7 Å². The molecule has 1 aromatic heterocycles. The van der Waals surface area contributed by atoms with Crippen LogP contribution in [-0.4, -0.2) is 4.57 Å². The van der Waals surface area contributed by atoms with Gasteiger partial charge in [-0.1, -0.05) is 31.5 Å². The maximum Gasteiger partial charge on any atom is 0.0485 e. The van der Waals surface area contributed by atoms with Gasteiger partial charge in [-0.2, -0.15) is 0 Å². The Labute approximate surface area is 91.7 Å². The Hall–Kier alpha value is -1.24. The normalized spacial score (nSPS) is 11.5. The number of hydrogen-bond acceptors (Lipinski definition) is 0. The van der Waals surface area contributed by atoms with Gasteiger partial charge in [-0.3, -0.25) is 0 Å². The topological polar surface area (TPSA) is 4.93 Å². The maximum atomic E-state index is 2.38. The molecule has 0 saturated heterocycles. The van der Waals surface area contributed by atoms with Crippen molar-refractivity contribution in [1.29, 1.82) is 0 Å². The standard InChI is InChI=1S/C14H19N/c1-4-7-12-10-15(11(2)3)14-9-6-5-8-13(12)14/h5-6,8-11H,4,7H2,1-3H3. The van der Waals surface area contributed by atoms with E-state index < -0.39 is 0 Å². The van der Waals surface area contributed by atoms with Crippen molar-refractivity contribution < 1.29 is 0 Å². The van der Waals surface area contributed by atoms with E-state index in [0.717, 1.165) is 0 Å². The lowest BCUT2D eigenvalue weighted by Crippen LogP contribution is -1.97. The van der Waals surface area contributed by atoms with Crippen LogP contribution in [0, 0.1) is 0 Å². The summed E-state index contributed by atoms with van der Waals surface area (Å²) in [4.78, 5) is 0. The lowest BCUT2D eigenvalue weighted by molar-refractivity contribution is 0.620. The molecule has 0 saturated carbocycles. The molecule has 0 aliphatic heterocycles. The lowest BCUT2D eigenvalue weighted by atomic mass is 10.1. The van der Waals surface area contributed by atoms with Gasteiger partial charge in [-0.25, -0.2) is 0 Å². The number of hydrogen-bond donors (Lipinski definition) is 0. The van der Waals surface area contributed by atoms with E-state index in [1.54, 1.807) is 0 Å². The zero-order valence-corrected chi connectivity index (χ0v) is 9.83. The van der Waals surface area contributed by atoms with Crippen molar-refractivity contribution in [3.8, 4) is 0 Å². The molecular weight excluding hydrogens is 182 g/mol. The Bertz CT molecular complexity index is 451. The first-order valence-corrected chi connectivity index (χ1v) is 5.82. The number of nitrogens with zero attached hydrogens (tertiary/aromatic N) is 1. The van der Waals surface area contributed by atoms with E-state index >= 15 is 0 Å². The third-order valence-electron chi connectivity index (χ3n) is 2.90. The number of para-hydroxylation sites is 1. The van der Waals surface area contributed by atoms with Crippen molar-refractivity contribution in [3.63, 3.8) is 0 Å². The molecule has 1 nitrogen and oxygen atoms in total. The van der Waals surface area contributed by atoms with Gasteiger partial charge in [0, 0.05) is 23.1 Å². The molecule has 0 spiro atoms. The van der Waals surface area contributed by atoms with Gasteiger partial charge in [0.2, 0.25) is 0 Å². The molecule has 2 rings (SSSR count). The van der Waals surface area contributed by atoms with Crippen LogP contribution < -0.4 is 0 Å². The summed E-state index contributed by atoms with van der Waals surface area (Å²) in [5, 5.41) is 1.42. The van der Waals surface area contributed by atoms with Gasteiger partial charge in [0.05, 0.1) is 0 Å². The second-order valence-electron chi connectivity index (χ2n) is 4.42. The Morgan fingerprint density at radius 3 is 2.60 bits per heavy atom. The van der Waals surface area contributed by atoms with E-state index in [1.165, 1.54) is 29.3 Å². The minimum Gasteiger partial charge on any atom is -0.345 e. The summed E-state index contributed by atoms with van der Waals surface area (Å²) in [5.74, 6) is 0. The van der Waals surface area contributed by atoms with E-state index in [0.29, 0.717) is 6.04 Å². The summed E-state index contributed by atoms with van der Waals surface area (Å²) < 4.78 is 2.38. The summed E-state index contributed by atoms with van der Waals surface area (Å²) in [6, 6.07) is 9.25. The largest absolute Gasteiger partial charge is 0.345 e. The monoisotopic (exact) mass is 201 g/mol. The molecule has 0 bridgehead atoms. The van der Waals surface area contributed by atoms with Crippen molar-refractivity contribution in [3.05, 3.63) is 36.0 Å². The van der Waals surface area contributed by atoms with Gasteiger partial charge in [-0.05, 0) is 31.9 Å². The van der Waals surface area contributed by atoms with E-state index in [1.807, 2.05) is 0 Å². The van der Waals surface area contributed by atoms with Gasteiger partial charge in [0.25, 0.3) is 0 Å². The number of aryl methyl sites for hydroxylation is 1. The first-order chi connectivity index (χ1) is 7.24. The quantitative estimate of drug-likeness (QED) is 0.702. The van der Waals surface area contributed by atoms with E-state index in [4.69, 9.17) is 0 Å². The predicted octanol–water partition coefficient (Wildman–Crippen LogP) is 4.17. The molecule has 0 aliphatic carbocycles. The van der Waals surface area contributed by atoms with Gasteiger partial charge < -0.3 is 4.57 Å². The molecule has 80 valence electrons. The van der Waals surface area contributed by atoms with Gasteiger partial charge in [-0.15, -0.1) is 0 Å². The van der Waals surface area contributed by atoms with Crippen LogP contribution in [0.5, 0.6) is 0 Å². The molecule has 1 heteroatoms. The number of fused-ring (bicyclic) bond motifs is 1. The smallest absolute Gasteiger partial charge is 0.0485 e. The molecule has 0 atom stereocenters. The molecule has 15 heavy (non-hydrogen) atoms. The summed E-state index contributed by atoms with van der Waals surface area (Å²) in [6.45, 7) is 6.71. The summed E-state index contributed by atoms with van der Waals surface area (Å²) in [7, 11) is 0. The van der Waals surface area contributed by atoms with Crippen LogP contribution in [-0.2, 0) is 6.42 Å². The first kappa shape index (κ1) is 10.3. The highest BCUT2D eigenvalue weighted by atomic mass is 15.0. The molecule has 0 N–H and O–H groups in total. The predicted molar refractivity (Wildman–Crippen MR) is 66.3 cm³/mol. The number of benzene rings is 1. The molecule has 0 unspecified atom stereocenters. The minimum atomic E-state index is 0.542. The summed E-state index contributed by atoms with van der Waals surface area (Å²) >= 11 is 0. The van der Waals surface area contributed by atoms with Crippen molar-refractivity contribution in [1.82, 2.24) is 4.57 Å². The summed E-state index contributed by atoms with van der Waals surface area (Å²) in [5.41, 5.74) is 2.86. The molecular formula is C14H19N. The van der Waals surface area contributed by atoms with E-state index in [-0.39, 0.29) is 0 Å². The highest BCUT2D eigenvalue weighted by Gasteiger charge is 2.08. The highest BCUT2D eigenvalue weighted by molar-refractivity contribution is 5.84. The fourth-order valence-electron chi connectivity index (χ4n) is 2.17. The Morgan fingerprint density at radius 1 is 1.20 bits per heavy atom. The zero-order chi connectivity index (χ0) is 10.8. The second kappa shape index (κ2) is 4.09. The van der Waals surface area contributed by atoms with Gasteiger partial charge in [0.1, 0.15) is 0 Å². The molecule has 1 aromatic carbocycles. The first-order valence-electron chi connectivity index (χ1n) is 5.82. The lowest BCUT2D eigenvalue weighted by Gasteiger charge is -2.08. The second-order valence-corrected chi connectivity index (χ2v) is 4.42. The van der Waals surface area contributed by atoms with Crippen LogP contribution in [0.25, 0.3) is 10.9 Å². The maximum absolute atomic E-state index is 2.38. The van der Waals surface area contributed by atoms with Crippen LogP contribution in [0.15, 0.2) is 30.5 Å². The summed E-state index contributed by atoms with van der Waals surface area (Å²) in [6.07, 6.45) is 4.71. The Morgan fingerprint density at radius 2 is 1.93 bits per heavy atom. The fraction of sp³-hybridized carbons (Fsp3) is 0.429. The molecule has 1 heterocycles. The van der Waals surface area contributed by atoms with Crippen LogP contribution >= 0.6 is 0 Å². The third-order valence-corrected chi connectivity index (χ3v) is 2.90. The van der Waals surface area contributed by atoms with E-state index in [9.17, 15) is 0 Å². The van der Waals surface area contributed by atoms with Gasteiger partial charge >= 0.3 is 0 Å². The van der Waals surface area contributed by atoms with Crippen LogP contribution in [0.1, 0.15) is 38.8 Å². The highest BCUT2D eigenvalue weighted by Crippen LogP contribution is 2.25. The van der Waals surface area contributed by atoms with Crippen molar-refractivity contribution in [2.75, 3.05) is 0 Å². The van der Waals surface area contributed by atoms with Crippen LogP contribution in [0.2, 0.25) is 0 Å². The molecule has 0 aliphatic rings.